The average Bonchev–Trinajstić information content (AvgIpc) is 3.33. The van der Waals surface area contributed by atoms with Crippen LogP contribution in [0.4, 0.5) is 5.69 Å². The minimum Gasteiger partial charge on any atom is -0.465 e. The summed E-state index contributed by atoms with van der Waals surface area (Å²) in [7, 11) is 1.85. The molecule has 3 heterocycles. The molecule has 2 aromatic rings. The van der Waals surface area contributed by atoms with Gasteiger partial charge in [0.25, 0.3) is 0 Å². The predicted octanol–water partition coefficient (Wildman–Crippen LogP) is 3.22. The Hall–Kier alpha value is -1.58. The number of aryl methyl sites for hydroxylation is 1. The van der Waals surface area contributed by atoms with Gasteiger partial charge in [0.15, 0.2) is 5.96 Å². The van der Waals surface area contributed by atoms with Crippen LogP contribution in [-0.4, -0.2) is 57.3 Å². The van der Waals surface area contributed by atoms with Gasteiger partial charge >= 0.3 is 0 Å². The lowest BCUT2D eigenvalue weighted by Crippen LogP contribution is -2.47. The highest BCUT2D eigenvalue weighted by molar-refractivity contribution is 14.0. The molecule has 6 nitrogen and oxygen atoms in total. The van der Waals surface area contributed by atoms with Crippen molar-refractivity contribution in [1.29, 1.82) is 0 Å². The van der Waals surface area contributed by atoms with Gasteiger partial charge in [-0.2, -0.15) is 0 Å². The molecule has 1 N–H and O–H groups in total. The van der Waals surface area contributed by atoms with Crippen LogP contribution in [0.15, 0.2) is 45.8 Å². The quantitative estimate of drug-likeness (QED) is 0.401. The summed E-state index contributed by atoms with van der Waals surface area (Å²) >= 11 is 0. The van der Waals surface area contributed by atoms with Gasteiger partial charge in [-0.1, -0.05) is 18.2 Å². The minimum atomic E-state index is 0. The van der Waals surface area contributed by atoms with Crippen LogP contribution in [-0.2, 0) is 11.2 Å². The largest absolute Gasteiger partial charge is 0.465 e. The van der Waals surface area contributed by atoms with Crippen molar-refractivity contribution in [2.75, 3.05) is 51.3 Å². The number of morpholine rings is 1. The van der Waals surface area contributed by atoms with Crippen LogP contribution in [0, 0.1) is 6.92 Å². The Morgan fingerprint density at radius 1 is 1.14 bits per heavy atom. The topological polar surface area (TPSA) is 53.2 Å². The molecule has 0 amide bonds. The van der Waals surface area contributed by atoms with Gasteiger partial charge in [-0.15, -0.1) is 24.0 Å². The number of furan rings is 1. The van der Waals surface area contributed by atoms with Crippen molar-refractivity contribution in [1.82, 2.24) is 10.2 Å². The molecule has 28 heavy (non-hydrogen) atoms. The second kappa shape index (κ2) is 9.76. The van der Waals surface area contributed by atoms with E-state index in [2.05, 4.69) is 50.4 Å². The Morgan fingerprint density at radius 2 is 1.93 bits per heavy atom. The molecule has 2 aliphatic heterocycles. The first-order valence-corrected chi connectivity index (χ1v) is 9.70. The summed E-state index contributed by atoms with van der Waals surface area (Å²) in [6, 6.07) is 12.9. The lowest BCUT2D eigenvalue weighted by atomic mass is 10.1. The number of para-hydroxylation sites is 1. The molecule has 4 rings (SSSR count). The molecule has 0 spiro atoms. The number of benzene rings is 1. The van der Waals surface area contributed by atoms with Crippen LogP contribution in [0.2, 0.25) is 0 Å². The van der Waals surface area contributed by atoms with Crippen molar-refractivity contribution < 1.29 is 9.15 Å². The fourth-order valence-corrected chi connectivity index (χ4v) is 3.97. The number of ether oxygens (including phenoxy) is 1. The fourth-order valence-electron chi connectivity index (χ4n) is 3.97. The number of hydrogen-bond donors (Lipinski definition) is 1. The van der Waals surface area contributed by atoms with Crippen molar-refractivity contribution in [3.05, 3.63) is 53.5 Å². The third kappa shape index (κ3) is 4.52. The van der Waals surface area contributed by atoms with Crippen LogP contribution < -0.4 is 10.2 Å². The van der Waals surface area contributed by atoms with Gasteiger partial charge < -0.3 is 19.4 Å². The molecule has 0 bridgehead atoms. The third-order valence-electron chi connectivity index (χ3n) is 5.38. The SMILES string of the molecule is CN=C(NCC(c1ccc(C)o1)N1CCOCC1)N1CCc2ccccc21.I. The van der Waals surface area contributed by atoms with Crippen molar-refractivity contribution in [3.63, 3.8) is 0 Å². The Bertz CT molecular complexity index is 801. The molecule has 1 saturated heterocycles. The highest BCUT2D eigenvalue weighted by Crippen LogP contribution is 2.28. The van der Waals surface area contributed by atoms with Crippen molar-refractivity contribution in [2.45, 2.75) is 19.4 Å². The molecule has 0 aliphatic carbocycles. The highest BCUT2D eigenvalue weighted by Gasteiger charge is 2.27. The first kappa shape index (κ1) is 21.1. The number of anilines is 1. The molecule has 1 unspecified atom stereocenters. The molecule has 2 aliphatic rings. The van der Waals surface area contributed by atoms with Crippen LogP contribution in [0.3, 0.4) is 0 Å². The monoisotopic (exact) mass is 496 g/mol. The summed E-state index contributed by atoms with van der Waals surface area (Å²) in [5.41, 5.74) is 2.63. The van der Waals surface area contributed by atoms with Crippen LogP contribution >= 0.6 is 24.0 Å². The minimum absolute atomic E-state index is 0. The van der Waals surface area contributed by atoms with Crippen LogP contribution in [0.5, 0.6) is 0 Å². The van der Waals surface area contributed by atoms with E-state index in [4.69, 9.17) is 9.15 Å². The third-order valence-corrected chi connectivity index (χ3v) is 5.38. The van der Waals surface area contributed by atoms with Gasteiger partial charge in [0.2, 0.25) is 0 Å². The molecular formula is C21H29IN4O2. The number of nitrogens with zero attached hydrogens (tertiary/aromatic N) is 3. The fraction of sp³-hybridized carbons (Fsp3) is 0.476. The van der Waals surface area contributed by atoms with Crippen molar-refractivity contribution in [3.8, 4) is 0 Å². The number of nitrogens with one attached hydrogen (secondary N) is 1. The van der Waals surface area contributed by atoms with Crippen molar-refractivity contribution in [2.24, 2.45) is 4.99 Å². The van der Waals surface area contributed by atoms with Crippen molar-refractivity contribution >= 4 is 35.6 Å². The standard InChI is InChI=1S/C21H28N4O2.HI/c1-16-7-8-20(27-16)19(24-11-13-26-14-12-24)15-23-21(22-2)25-10-9-17-5-3-4-6-18(17)25;/h3-8,19H,9-15H2,1-2H3,(H,22,23);1H. The first-order chi connectivity index (χ1) is 13.3. The second-order valence-electron chi connectivity index (χ2n) is 7.07. The molecule has 152 valence electrons. The number of guanidine groups is 1. The lowest BCUT2D eigenvalue weighted by Gasteiger charge is -2.34. The summed E-state index contributed by atoms with van der Waals surface area (Å²) in [5, 5.41) is 3.59. The number of halogens is 1. The van der Waals surface area contributed by atoms with E-state index in [0.29, 0.717) is 0 Å². The van der Waals surface area contributed by atoms with E-state index < -0.39 is 0 Å². The summed E-state index contributed by atoms with van der Waals surface area (Å²) in [5.74, 6) is 2.86. The molecule has 1 atom stereocenters. The second-order valence-corrected chi connectivity index (χ2v) is 7.07. The maximum Gasteiger partial charge on any atom is 0.198 e. The molecule has 1 aromatic carbocycles. The summed E-state index contributed by atoms with van der Waals surface area (Å²) in [6.07, 6.45) is 1.06. The van der Waals surface area contributed by atoms with Crippen LogP contribution in [0.1, 0.15) is 23.1 Å². The van der Waals surface area contributed by atoms with Gasteiger partial charge in [0.05, 0.1) is 19.3 Å². The van der Waals surface area contributed by atoms with Gasteiger partial charge in [-0.3, -0.25) is 9.89 Å². The zero-order chi connectivity index (χ0) is 18.6. The molecule has 0 radical (unpaired) electrons. The lowest BCUT2D eigenvalue weighted by molar-refractivity contribution is 0.0125. The zero-order valence-electron chi connectivity index (χ0n) is 16.6. The van der Waals surface area contributed by atoms with E-state index in [1.807, 2.05) is 20.0 Å². The van der Waals surface area contributed by atoms with Crippen LogP contribution in [0.25, 0.3) is 0 Å². The predicted molar refractivity (Wildman–Crippen MR) is 123 cm³/mol. The van der Waals surface area contributed by atoms with E-state index in [1.165, 1.54) is 11.3 Å². The van der Waals surface area contributed by atoms with E-state index >= 15 is 0 Å². The maximum absolute atomic E-state index is 5.97. The Morgan fingerprint density at radius 3 is 2.64 bits per heavy atom. The number of aliphatic imine (C=N–C) groups is 1. The smallest absolute Gasteiger partial charge is 0.198 e. The normalized spacial score (nSPS) is 18.5. The molecule has 1 fully saturated rings. The summed E-state index contributed by atoms with van der Waals surface area (Å²) < 4.78 is 11.5. The molecule has 1 aromatic heterocycles. The zero-order valence-corrected chi connectivity index (χ0v) is 18.9. The van der Waals surface area contributed by atoms with E-state index in [1.54, 1.807) is 0 Å². The molecule has 7 heteroatoms. The first-order valence-electron chi connectivity index (χ1n) is 9.70. The van der Waals surface area contributed by atoms with Gasteiger partial charge in [0.1, 0.15) is 11.5 Å². The summed E-state index contributed by atoms with van der Waals surface area (Å²) in [6.45, 7) is 7.07. The Balaban J connectivity index is 0.00000225. The van der Waals surface area contributed by atoms with E-state index in [9.17, 15) is 0 Å². The van der Waals surface area contributed by atoms with Gasteiger partial charge in [-0.05, 0) is 37.1 Å². The number of rotatable bonds is 4. The van der Waals surface area contributed by atoms with E-state index in [-0.39, 0.29) is 30.0 Å². The Kier molecular flexibility index (Phi) is 7.36. The van der Waals surface area contributed by atoms with E-state index in [0.717, 1.165) is 63.3 Å². The Labute approximate surface area is 184 Å². The molecule has 0 saturated carbocycles. The number of hydrogen-bond acceptors (Lipinski definition) is 4. The summed E-state index contributed by atoms with van der Waals surface area (Å²) in [4.78, 5) is 9.25. The number of fused-ring (bicyclic) bond motifs is 1. The molecular weight excluding hydrogens is 467 g/mol. The highest BCUT2D eigenvalue weighted by atomic mass is 127. The van der Waals surface area contributed by atoms with Gasteiger partial charge in [0, 0.05) is 38.9 Å². The average molecular weight is 496 g/mol. The van der Waals surface area contributed by atoms with Gasteiger partial charge in [-0.25, -0.2) is 0 Å². The maximum atomic E-state index is 5.97.